The Morgan fingerprint density at radius 3 is 2.23 bits per heavy atom. The maximum atomic E-state index is 13.1. The number of amides is 2. The molecule has 0 aliphatic heterocycles. The number of benzene rings is 2. The van der Waals surface area contributed by atoms with Crippen molar-refractivity contribution in [1.82, 2.24) is 4.90 Å². The van der Waals surface area contributed by atoms with Crippen LogP contribution in [0.5, 0.6) is 0 Å². The normalized spacial score (nSPS) is 10.5. The van der Waals surface area contributed by atoms with E-state index in [1.807, 2.05) is 13.8 Å². The standard InChI is InChI=1S/C19H20F2N2O2S/c1-3-23(4-2)19(25)13-5-7-14(8-6-13)22-18(24)12-26-15-9-10-16(20)17(21)11-15/h5-11H,3-4,12H2,1-2H3,(H,22,24). The predicted molar refractivity (Wildman–Crippen MR) is 99.4 cm³/mol. The van der Waals surface area contributed by atoms with Gasteiger partial charge in [-0.15, -0.1) is 11.8 Å². The molecule has 0 heterocycles. The molecule has 2 rings (SSSR count). The average molecular weight is 378 g/mol. The maximum Gasteiger partial charge on any atom is 0.253 e. The van der Waals surface area contributed by atoms with Gasteiger partial charge in [0.15, 0.2) is 11.6 Å². The highest BCUT2D eigenvalue weighted by atomic mass is 32.2. The molecule has 0 aliphatic rings. The fraction of sp³-hybridized carbons (Fsp3) is 0.263. The molecule has 0 aromatic heterocycles. The quantitative estimate of drug-likeness (QED) is 0.736. The maximum absolute atomic E-state index is 13.1. The second-order valence-electron chi connectivity index (χ2n) is 5.47. The molecule has 0 fully saturated rings. The molecule has 0 bridgehead atoms. The van der Waals surface area contributed by atoms with Gasteiger partial charge in [-0.05, 0) is 56.3 Å². The largest absolute Gasteiger partial charge is 0.339 e. The van der Waals surface area contributed by atoms with Crippen LogP contribution in [0.4, 0.5) is 14.5 Å². The van der Waals surface area contributed by atoms with E-state index in [4.69, 9.17) is 0 Å². The van der Waals surface area contributed by atoms with Gasteiger partial charge in [-0.2, -0.15) is 0 Å². The minimum absolute atomic E-state index is 0.0539. The number of anilines is 1. The first-order valence-corrected chi connectivity index (χ1v) is 9.20. The van der Waals surface area contributed by atoms with Gasteiger partial charge >= 0.3 is 0 Å². The van der Waals surface area contributed by atoms with Crippen molar-refractivity contribution >= 4 is 29.3 Å². The Morgan fingerprint density at radius 2 is 1.65 bits per heavy atom. The minimum atomic E-state index is -0.941. The lowest BCUT2D eigenvalue weighted by Crippen LogP contribution is -2.30. The number of nitrogens with one attached hydrogen (secondary N) is 1. The molecule has 138 valence electrons. The molecule has 1 N–H and O–H groups in total. The Kier molecular flexibility index (Phi) is 7.15. The van der Waals surface area contributed by atoms with Crippen molar-refractivity contribution in [1.29, 1.82) is 0 Å². The third kappa shape index (κ3) is 5.29. The number of carbonyl (C=O) groups excluding carboxylic acids is 2. The van der Waals surface area contributed by atoms with Gasteiger partial charge in [0.25, 0.3) is 5.91 Å². The fourth-order valence-corrected chi connectivity index (χ4v) is 3.02. The van der Waals surface area contributed by atoms with Gasteiger partial charge in [0.1, 0.15) is 0 Å². The fourth-order valence-electron chi connectivity index (χ4n) is 2.30. The molecule has 2 aromatic carbocycles. The molecule has 0 saturated carbocycles. The Hall–Kier alpha value is -2.41. The van der Waals surface area contributed by atoms with E-state index in [2.05, 4.69) is 5.32 Å². The van der Waals surface area contributed by atoms with E-state index in [1.165, 1.54) is 6.07 Å². The molecular formula is C19H20F2N2O2S. The molecule has 0 saturated heterocycles. The first-order chi connectivity index (χ1) is 12.4. The summed E-state index contributed by atoms with van der Waals surface area (Å²) < 4.78 is 26.0. The van der Waals surface area contributed by atoms with Gasteiger partial charge in [-0.25, -0.2) is 8.78 Å². The van der Waals surface area contributed by atoms with Crippen LogP contribution in [0.2, 0.25) is 0 Å². The number of hydrogen-bond donors (Lipinski definition) is 1. The summed E-state index contributed by atoms with van der Waals surface area (Å²) in [5.41, 5.74) is 1.12. The van der Waals surface area contributed by atoms with Gasteiger partial charge in [0.2, 0.25) is 5.91 Å². The highest BCUT2D eigenvalue weighted by molar-refractivity contribution is 8.00. The monoisotopic (exact) mass is 378 g/mol. The Morgan fingerprint density at radius 1 is 1.00 bits per heavy atom. The van der Waals surface area contributed by atoms with E-state index in [9.17, 15) is 18.4 Å². The van der Waals surface area contributed by atoms with Crippen molar-refractivity contribution < 1.29 is 18.4 Å². The van der Waals surface area contributed by atoms with Gasteiger partial charge < -0.3 is 10.2 Å². The molecule has 0 atom stereocenters. The number of halogens is 2. The number of nitrogens with zero attached hydrogens (tertiary/aromatic N) is 1. The molecule has 0 spiro atoms. The lowest BCUT2D eigenvalue weighted by molar-refractivity contribution is -0.113. The molecule has 0 aliphatic carbocycles. The summed E-state index contributed by atoms with van der Waals surface area (Å²) >= 11 is 1.11. The zero-order valence-electron chi connectivity index (χ0n) is 14.6. The van der Waals surface area contributed by atoms with E-state index in [1.54, 1.807) is 29.2 Å². The topological polar surface area (TPSA) is 49.4 Å². The third-order valence-corrected chi connectivity index (χ3v) is 4.72. The lowest BCUT2D eigenvalue weighted by atomic mass is 10.2. The number of rotatable bonds is 7. The lowest BCUT2D eigenvalue weighted by Gasteiger charge is -2.18. The summed E-state index contributed by atoms with van der Waals surface area (Å²) in [6.07, 6.45) is 0. The average Bonchev–Trinajstić information content (AvgIpc) is 2.64. The van der Waals surface area contributed by atoms with Crippen LogP contribution in [-0.4, -0.2) is 35.6 Å². The van der Waals surface area contributed by atoms with Crippen LogP contribution >= 0.6 is 11.8 Å². The predicted octanol–water partition coefficient (Wildman–Crippen LogP) is 4.18. The van der Waals surface area contributed by atoms with Crippen LogP contribution < -0.4 is 5.32 Å². The number of hydrogen-bond acceptors (Lipinski definition) is 3. The van der Waals surface area contributed by atoms with E-state index in [0.29, 0.717) is 29.2 Å². The smallest absolute Gasteiger partial charge is 0.253 e. The molecule has 0 radical (unpaired) electrons. The van der Waals surface area contributed by atoms with Crippen LogP contribution in [-0.2, 0) is 4.79 Å². The summed E-state index contributed by atoms with van der Waals surface area (Å²) in [7, 11) is 0. The van der Waals surface area contributed by atoms with Crippen LogP contribution in [0.1, 0.15) is 24.2 Å². The van der Waals surface area contributed by atoms with Crippen molar-refractivity contribution in [3.63, 3.8) is 0 Å². The molecule has 2 amide bonds. The number of thioether (sulfide) groups is 1. The second kappa shape index (κ2) is 9.33. The van der Waals surface area contributed by atoms with Crippen molar-refractivity contribution in [3.8, 4) is 0 Å². The Bertz CT molecular complexity index is 778. The van der Waals surface area contributed by atoms with Crippen LogP contribution in [0.3, 0.4) is 0 Å². The SMILES string of the molecule is CCN(CC)C(=O)c1ccc(NC(=O)CSc2ccc(F)c(F)c2)cc1. The van der Waals surface area contributed by atoms with E-state index < -0.39 is 11.6 Å². The Balaban J connectivity index is 1.90. The van der Waals surface area contributed by atoms with E-state index >= 15 is 0 Å². The summed E-state index contributed by atoms with van der Waals surface area (Å²) in [4.78, 5) is 26.4. The first-order valence-electron chi connectivity index (χ1n) is 8.21. The zero-order chi connectivity index (χ0) is 19.1. The summed E-state index contributed by atoms with van der Waals surface area (Å²) in [6.45, 7) is 5.10. The van der Waals surface area contributed by atoms with E-state index in [0.717, 1.165) is 23.9 Å². The molecule has 2 aromatic rings. The van der Waals surface area contributed by atoms with Crippen molar-refractivity contribution in [2.24, 2.45) is 0 Å². The number of carbonyl (C=O) groups is 2. The molecular weight excluding hydrogens is 358 g/mol. The van der Waals surface area contributed by atoms with Crippen LogP contribution in [0, 0.1) is 11.6 Å². The summed E-state index contributed by atoms with van der Waals surface area (Å²) in [5.74, 6) is -2.13. The highest BCUT2D eigenvalue weighted by Gasteiger charge is 2.12. The molecule has 26 heavy (non-hydrogen) atoms. The minimum Gasteiger partial charge on any atom is -0.339 e. The molecule has 7 heteroatoms. The Labute approximate surface area is 155 Å². The first kappa shape index (κ1) is 19.9. The van der Waals surface area contributed by atoms with Crippen LogP contribution in [0.25, 0.3) is 0 Å². The molecule has 4 nitrogen and oxygen atoms in total. The third-order valence-electron chi connectivity index (χ3n) is 3.73. The van der Waals surface area contributed by atoms with Crippen LogP contribution in [0.15, 0.2) is 47.4 Å². The van der Waals surface area contributed by atoms with Gasteiger partial charge in [-0.3, -0.25) is 9.59 Å². The molecule has 0 unspecified atom stereocenters. The van der Waals surface area contributed by atoms with E-state index in [-0.39, 0.29) is 17.6 Å². The zero-order valence-corrected chi connectivity index (χ0v) is 15.4. The summed E-state index contributed by atoms with van der Waals surface area (Å²) in [5, 5.41) is 2.71. The van der Waals surface area contributed by atoms with Crippen molar-refractivity contribution in [3.05, 3.63) is 59.7 Å². The van der Waals surface area contributed by atoms with Gasteiger partial charge in [0.05, 0.1) is 5.75 Å². The highest BCUT2D eigenvalue weighted by Crippen LogP contribution is 2.21. The summed E-state index contributed by atoms with van der Waals surface area (Å²) in [6, 6.07) is 10.2. The van der Waals surface area contributed by atoms with Crippen molar-refractivity contribution in [2.75, 3.05) is 24.2 Å². The van der Waals surface area contributed by atoms with Gasteiger partial charge in [-0.1, -0.05) is 0 Å². The van der Waals surface area contributed by atoms with Gasteiger partial charge in [0, 0.05) is 29.2 Å². The van der Waals surface area contributed by atoms with Crippen molar-refractivity contribution in [2.45, 2.75) is 18.7 Å². The second-order valence-corrected chi connectivity index (χ2v) is 6.52.